The highest BCUT2D eigenvalue weighted by atomic mass is 16.7. The lowest BCUT2D eigenvalue weighted by Crippen LogP contribution is -2.59. The van der Waals surface area contributed by atoms with Crippen molar-refractivity contribution in [2.45, 2.75) is 139 Å². The molecule has 9 N–H and O–H groups in total. The van der Waals surface area contributed by atoms with Crippen LogP contribution in [-0.4, -0.2) is 122 Å². The van der Waals surface area contributed by atoms with Crippen LogP contribution in [0.15, 0.2) is 0 Å². The van der Waals surface area contributed by atoms with Crippen LogP contribution in [0.2, 0.25) is 0 Å². The number of hydrogen-bond donors (Lipinski definition) is 9. The van der Waals surface area contributed by atoms with Crippen molar-refractivity contribution in [2.24, 2.45) is 0 Å². The first-order valence-corrected chi connectivity index (χ1v) is 14.1. The number of amides is 1. The number of aliphatic hydroxyl groups excluding tert-OH is 8. The minimum Gasteiger partial charge on any atom is -0.394 e. The van der Waals surface area contributed by atoms with E-state index in [1.165, 1.54) is 51.4 Å². The molecule has 1 fully saturated rings. The molecule has 226 valence electrons. The summed E-state index contributed by atoms with van der Waals surface area (Å²) in [6.45, 7) is 1.13. The second-order valence-electron chi connectivity index (χ2n) is 10.2. The van der Waals surface area contributed by atoms with Crippen molar-refractivity contribution in [1.29, 1.82) is 0 Å². The molecule has 12 nitrogen and oxygen atoms in total. The summed E-state index contributed by atoms with van der Waals surface area (Å²) >= 11 is 0. The molecule has 1 saturated heterocycles. The van der Waals surface area contributed by atoms with E-state index < -0.39 is 74.2 Å². The Morgan fingerprint density at radius 3 is 1.84 bits per heavy atom. The maximum atomic E-state index is 12.1. The first kappa shape index (κ1) is 35.1. The maximum Gasteiger partial charge on any atom is 0.251 e. The van der Waals surface area contributed by atoms with Gasteiger partial charge >= 0.3 is 0 Å². The minimum atomic E-state index is -2.02. The van der Waals surface area contributed by atoms with E-state index in [0.717, 1.165) is 19.3 Å². The van der Waals surface area contributed by atoms with Gasteiger partial charge in [-0.3, -0.25) is 4.79 Å². The lowest BCUT2D eigenvalue weighted by Gasteiger charge is -2.40. The third kappa shape index (κ3) is 12.5. The molecule has 0 aromatic heterocycles. The summed E-state index contributed by atoms with van der Waals surface area (Å²) in [6, 6.07) is 0. The Bertz CT molecular complexity index is 612. The molecule has 1 aliphatic rings. The fraction of sp³-hybridized carbons (Fsp3) is 0.962. The van der Waals surface area contributed by atoms with E-state index in [1.54, 1.807) is 0 Å². The third-order valence-electron chi connectivity index (χ3n) is 6.95. The molecule has 0 radical (unpaired) electrons. The largest absolute Gasteiger partial charge is 0.394 e. The van der Waals surface area contributed by atoms with Crippen molar-refractivity contribution < 1.29 is 55.1 Å². The molecular formula is C26H51NO11. The fourth-order valence-electron chi connectivity index (χ4n) is 4.35. The van der Waals surface area contributed by atoms with Crippen LogP contribution in [0.5, 0.6) is 0 Å². The van der Waals surface area contributed by atoms with Crippen LogP contribution in [-0.2, 0) is 14.3 Å². The van der Waals surface area contributed by atoms with Gasteiger partial charge in [0.05, 0.1) is 13.2 Å². The molecule has 0 aromatic carbocycles. The monoisotopic (exact) mass is 553 g/mol. The van der Waals surface area contributed by atoms with E-state index >= 15 is 0 Å². The van der Waals surface area contributed by atoms with Gasteiger partial charge in [0.15, 0.2) is 12.4 Å². The lowest BCUT2D eigenvalue weighted by atomic mass is 9.99. The first-order valence-electron chi connectivity index (χ1n) is 14.1. The zero-order chi connectivity index (χ0) is 28.5. The smallest absolute Gasteiger partial charge is 0.251 e. The summed E-state index contributed by atoms with van der Waals surface area (Å²) in [5.41, 5.74) is 0. The molecule has 1 rings (SSSR count). The van der Waals surface area contributed by atoms with Crippen molar-refractivity contribution in [2.75, 3.05) is 19.8 Å². The third-order valence-corrected chi connectivity index (χ3v) is 6.95. The topological polar surface area (TPSA) is 209 Å². The van der Waals surface area contributed by atoms with Crippen LogP contribution in [0.25, 0.3) is 0 Å². The number of unbranched alkanes of at least 4 members (excludes halogenated alkanes) is 11. The summed E-state index contributed by atoms with van der Waals surface area (Å²) in [4.78, 5) is 12.1. The number of carbonyl (C=O) groups is 1. The Balaban J connectivity index is 2.21. The molecule has 38 heavy (non-hydrogen) atoms. The number of aliphatic hydroxyl groups is 8. The van der Waals surface area contributed by atoms with Crippen LogP contribution in [0.4, 0.5) is 0 Å². The lowest BCUT2D eigenvalue weighted by molar-refractivity contribution is -0.306. The molecule has 0 spiro atoms. The number of ether oxygens (including phenoxy) is 2. The summed E-state index contributed by atoms with van der Waals surface area (Å²) in [7, 11) is 0. The van der Waals surface area contributed by atoms with Crippen molar-refractivity contribution in [1.82, 2.24) is 5.32 Å². The van der Waals surface area contributed by atoms with Gasteiger partial charge in [0.25, 0.3) is 5.91 Å². The highest BCUT2D eigenvalue weighted by Gasteiger charge is 2.44. The quantitative estimate of drug-likeness (QED) is 0.0792. The van der Waals surface area contributed by atoms with Crippen LogP contribution in [0, 0.1) is 0 Å². The van der Waals surface area contributed by atoms with Gasteiger partial charge in [-0.05, 0) is 6.42 Å². The zero-order valence-electron chi connectivity index (χ0n) is 22.6. The molecule has 12 heteroatoms. The van der Waals surface area contributed by atoms with Crippen molar-refractivity contribution in [3.63, 3.8) is 0 Å². The van der Waals surface area contributed by atoms with Crippen LogP contribution in [0.1, 0.15) is 84.0 Å². The van der Waals surface area contributed by atoms with Gasteiger partial charge in [-0.1, -0.05) is 77.6 Å². The van der Waals surface area contributed by atoms with Crippen LogP contribution < -0.4 is 5.32 Å². The van der Waals surface area contributed by atoms with Gasteiger partial charge in [-0.2, -0.15) is 0 Å². The second kappa shape index (κ2) is 20.0. The summed E-state index contributed by atoms with van der Waals surface area (Å²) in [5.74, 6) is -0.887. The van der Waals surface area contributed by atoms with Crippen LogP contribution >= 0.6 is 0 Å². The number of nitrogens with one attached hydrogen (secondary N) is 1. The predicted molar refractivity (Wildman–Crippen MR) is 138 cm³/mol. The number of carbonyl (C=O) groups excluding carboxylic acids is 1. The molecule has 2 unspecified atom stereocenters. The molecule has 0 aliphatic carbocycles. The molecule has 1 heterocycles. The highest BCUT2D eigenvalue weighted by Crippen LogP contribution is 2.22. The normalized spacial score (nSPS) is 27.0. The zero-order valence-corrected chi connectivity index (χ0v) is 22.6. The SMILES string of the molecule is CCCCCCCCCCCCCCNC(=O)[C@H](O)[C@@H](O)[C@H](O)[C@H](O)CO[C@H]1OC(CO)[C@H](O)C(O)[C@@H]1O. The Labute approximate surface area is 225 Å². The van der Waals surface area contributed by atoms with Gasteiger partial charge in [0.1, 0.15) is 42.7 Å². The predicted octanol–water partition coefficient (Wildman–Crippen LogP) is -0.936. The van der Waals surface area contributed by atoms with Gasteiger partial charge in [0, 0.05) is 6.54 Å². The van der Waals surface area contributed by atoms with E-state index in [-0.39, 0.29) is 0 Å². The Morgan fingerprint density at radius 2 is 1.32 bits per heavy atom. The molecular weight excluding hydrogens is 502 g/mol. The summed E-state index contributed by atoms with van der Waals surface area (Å²) < 4.78 is 10.2. The van der Waals surface area contributed by atoms with Crippen molar-refractivity contribution in [3.8, 4) is 0 Å². The Hall–Kier alpha value is -0.930. The highest BCUT2D eigenvalue weighted by molar-refractivity contribution is 5.81. The van der Waals surface area contributed by atoms with Crippen molar-refractivity contribution in [3.05, 3.63) is 0 Å². The molecule has 1 amide bonds. The van der Waals surface area contributed by atoms with Crippen LogP contribution in [0.3, 0.4) is 0 Å². The van der Waals surface area contributed by atoms with Gasteiger partial charge < -0.3 is 55.6 Å². The second-order valence-corrected chi connectivity index (χ2v) is 10.2. The Kier molecular flexibility index (Phi) is 18.5. The van der Waals surface area contributed by atoms with E-state index in [0.29, 0.717) is 13.0 Å². The van der Waals surface area contributed by atoms with E-state index in [1.807, 2.05) is 0 Å². The molecule has 0 bridgehead atoms. The summed E-state index contributed by atoms with van der Waals surface area (Å²) in [5, 5.41) is 81.5. The van der Waals surface area contributed by atoms with E-state index in [4.69, 9.17) is 9.47 Å². The number of rotatable bonds is 21. The van der Waals surface area contributed by atoms with E-state index in [9.17, 15) is 45.6 Å². The first-order chi connectivity index (χ1) is 18.1. The fourth-order valence-corrected chi connectivity index (χ4v) is 4.35. The average Bonchev–Trinajstić information content (AvgIpc) is 2.92. The molecule has 1 aliphatic heterocycles. The van der Waals surface area contributed by atoms with Crippen molar-refractivity contribution >= 4 is 5.91 Å². The molecule has 0 aromatic rings. The van der Waals surface area contributed by atoms with Gasteiger partial charge in [-0.25, -0.2) is 0 Å². The maximum absolute atomic E-state index is 12.1. The van der Waals surface area contributed by atoms with Gasteiger partial charge in [-0.15, -0.1) is 0 Å². The minimum absolute atomic E-state index is 0.304. The van der Waals surface area contributed by atoms with E-state index in [2.05, 4.69) is 12.2 Å². The Morgan fingerprint density at radius 1 is 0.789 bits per heavy atom. The standard InChI is InChI=1S/C26H51NO11/c1-2-3-4-5-6-7-8-9-10-11-12-13-14-27-25(36)23(34)21(32)19(30)17(29)16-37-26-24(35)22(33)20(31)18(15-28)38-26/h17-24,26,28-35H,2-16H2,1H3,(H,27,36)/t17-,18?,19-,20+,21+,22?,23-,24+,26+/m1/s1. The average molecular weight is 554 g/mol. The summed E-state index contributed by atoms with van der Waals surface area (Å²) in [6.07, 6.45) is -1.47. The molecule has 0 saturated carbocycles. The number of hydrogen-bond acceptors (Lipinski definition) is 11. The molecule has 9 atom stereocenters. The van der Waals surface area contributed by atoms with Gasteiger partial charge in [0.2, 0.25) is 0 Å².